The van der Waals surface area contributed by atoms with Gasteiger partial charge in [0.1, 0.15) is 0 Å². The first-order valence-electron chi connectivity index (χ1n) is 10.2. The summed E-state index contributed by atoms with van der Waals surface area (Å²) in [5, 5.41) is 17.0. The van der Waals surface area contributed by atoms with Gasteiger partial charge in [-0.25, -0.2) is 4.68 Å². The highest BCUT2D eigenvalue weighted by molar-refractivity contribution is 5.94. The van der Waals surface area contributed by atoms with Crippen LogP contribution in [0.1, 0.15) is 65.0 Å². The van der Waals surface area contributed by atoms with Crippen LogP contribution in [0.2, 0.25) is 0 Å². The molecule has 0 saturated heterocycles. The number of carbonyl (C=O) groups excluding carboxylic acids is 1. The molecular formula is C22H27N3O3. The fourth-order valence-electron chi connectivity index (χ4n) is 4.60. The topological polar surface area (TPSA) is 84.2 Å². The summed E-state index contributed by atoms with van der Waals surface area (Å²) in [6.07, 6.45) is 5.53. The fourth-order valence-corrected chi connectivity index (χ4v) is 4.60. The number of carboxylic acids is 1. The molecule has 1 aromatic heterocycles. The van der Waals surface area contributed by atoms with E-state index in [-0.39, 0.29) is 17.9 Å². The fraction of sp³-hybridized carbons (Fsp3) is 0.500. The van der Waals surface area contributed by atoms with Crippen LogP contribution in [-0.2, 0) is 17.6 Å². The molecule has 6 nitrogen and oxygen atoms in total. The lowest BCUT2D eigenvalue weighted by Crippen LogP contribution is -2.39. The van der Waals surface area contributed by atoms with Gasteiger partial charge in [0.25, 0.3) is 5.91 Å². The summed E-state index contributed by atoms with van der Waals surface area (Å²) < 4.78 is 1.95. The zero-order valence-corrected chi connectivity index (χ0v) is 16.5. The van der Waals surface area contributed by atoms with Crippen molar-refractivity contribution in [3.05, 3.63) is 46.3 Å². The smallest absolute Gasteiger partial charge is 0.306 e. The van der Waals surface area contributed by atoms with E-state index in [0.29, 0.717) is 31.4 Å². The molecule has 1 fully saturated rings. The third-order valence-corrected chi connectivity index (χ3v) is 6.14. The number of carbonyl (C=O) groups is 2. The van der Waals surface area contributed by atoms with E-state index in [1.807, 2.05) is 4.68 Å². The molecule has 2 aliphatic carbocycles. The quantitative estimate of drug-likeness (QED) is 0.851. The molecule has 1 saturated carbocycles. The molecule has 0 aliphatic heterocycles. The number of aliphatic carboxylic acids is 1. The third kappa shape index (κ3) is 3.43. The first-order valence-corrected chi connectivity index (χ1v) is 10.2. The number of fused-ring (bicyclic) bond motifs is 1. The van der Waals surface area contributed by atoms with E-state index < -0.39 is 5.97 Å². The first-order chi connectivity index (χ1) is 13.4. The SMILES string of the molecule is Cc1ccc(-n2nc(C(=O)NC3CCC(C(=O)O)CC3)c3c2CCC3)c(C)c1. The van der Waals surface area contributed by atoms with E-state index >= 15 is 0 Å². The highest BCUT2D eigenvalue weighted by Crippen LogP contribution is 2.30. The number of amides is 1. The molecule has 2 aliphatic rings. The molecule has 28 heavy (non-hydrogen) atoms. The predicted molar refractivity (Wildman–Crippen MR) is 106 cm³/mol. The maximum absolute atomic E-state index is 13.0. The minimum Gasteiger partial charge on any atom is -0.481 e. The number of hydrogen-bond acceptors (Lipinski definition) is 3. The summed E-state index contributed by atoms with van der Waals surface area (Å²) in [6.45, 7) is 4.15. The van der Waals surface area contributed by atoms with E-state index in [1.165, 1.54) is 5.56 Å². The number of benzene rings is 1. The molecule has 4 rings (SSSR count). The van der Waals surface area contributed by atoms with Crippen molar-refractivity contribution in [2.45, 2.75) is 64.8 Å². The van der Waals surface area contributed by atoms with Crippen LogP contribution >= 0.6 is 0 Å². The molecule has 1 aromatic carbocycles. The Morgan fingerprint density at radius 1 is 1.14 bits per heavy atom. The second kappa shape index (κ2) is 7.41. The van der Waals surface area contributed by atoms with Crippen LogP contribution in [-0.4, -0.2) is 32.8 Å². The van der Waals surface area contributed by atoms with Crippen molar-refractivity contribution in [2.24, 2.45) is 5.92 Å². The van der Waals surface area contributed by atoms with Crippen LogP contribution in [0.4, 0.5) is 0 Å². The average Bonchev–Trinajstić information content (AvgIpc) is 3.25. The van der Waals surface area contributed by atoms with Crippen molar-refractivity contribution in [1.29, 1.82) is 0 Å². The van der Waals surface area contributed by atoms with Gasteiger partial charge in [-0.3, -0.25) is 9.59 Å². The minimum atomic E-state index is -0.727. The van der Waals surface area contributed by atoms with Gasteiger partial charge >= 0.3 is 5.97 Å². The van der Waals surface area contributed by atoms with Gasteiger partial charge in [0.15, 0.2) is 5.69 Å². The number of nitrogens with zero attached hydrogens (tertiary/aromatic N) is 2. The zero-order chi connectivity index (χ0) is 19.8. The Labute approximate surface area is 164 Å². The summed E-state index contributed by atoms with van der Waals surface area (Å²) in [4.78, 5) is 24.1. The maximum Gasteiger partial charge on any atom is 0.306 e. The number of rotatable bonds is 4. The molecule has 1 heterocycles. The minimum absolute atomic E-state index is 0.0337. The van der Waals surface area contributed by atoms with Gasteiger partial charge < -0.3 is 10.4 Å². The van der Waals surface area contributed by atoms with Crippen molar-refractivity contribution in [3.8, 4) is 5.69 Å². The lowest BCUT2D eigenvalue weighted by molar-refractivity contribution is -0.142. The zero-order valence-electron chi connectivity index (χ0n) is 16.5. The summed E-state index contributed by atoms with van der Waals surface area (Å²) in [6, 6.07) is 6.32. The largest absolute Gasteiger partial charge is 0.481 e. The Kier molecular flexibility index (Phi) is 4.96. The van der Waals surface area contributed by atoms with Crippen molar-refractivity contribution in [1.82, 2.24) is 15.1 Å². The van der Waals surface area contributed by atoms with E-state index in [2.05, 4.69) is 37.4 Å². The highest BCUT2D eigenvalue weighted by Gasteiger charge is 2.30. The molecule has 148 valence electrons. The van der Waals surface area contributed by atoms with E-state index in [4.69, 9.17) is 10.2 Å². The highest BCUT2D eigenvalue weighted by atomic mass is 16.4. The van der Waals surface area contributed by atoms with Crippen molar-refractivity contribution in [3.63, 3.8) is 0 Å². The van der Waals surface area contributed by atoms with Gasteiger partial charge in [-0.1, -0.05) is 17.7 Å². The van der Waals surface area contributed by atoms with Gasteiger partial charge in [-0.2, -0.15) is 5.10 Å². The Balaban J connectivity index is 1.56. The van der Waals surface area contributed by atoms with Gasteiger partial charge in [0.05, 0.1) is 11.6 Å². The first kappa shape index (κ1) is 18.7. The van der Waals surface area contributed by atoms with Crippen molar-refractivity contribution in [2.75, 3.05) is 0 Å². The molecule has 0 bridgehead atoms. The molecule has 0 spiro atoms. The molecule has 0 unspecified atom stereocenters. The van der Waals surface area contributed by atoms with Gasteiger partial charge in [0, 0.05) is 17.3 Å². The molecular weight excluding hydrogens is 354 g/mol. The van der Waals surface area contributed by atoms with Crippen LogP contribution in [0.3, 0.4) is 0 Å². The van der Waals surface area contributed by atoms with Gasteiger partial charge in [-0.05, 0) is 70.4 Å². The molecule has 2 aromatic rings. The maximum atomic E-state index is 13.0. The van der Waals surface area contributed by atoms with Gasteiger partial charge in [0.2, 0.25) is 0 Å². The van der Waals surface area contributed by atoms with Crippen LogP contribution in [0.15, 0.2) is 18.2 Å². The molecule has 6 heteroatoms. The van der Waals surface area contributed by atoms with Crippen LogP contribution in [0.25, 0.3) is 5.69 Å². The van der Waals surface area contributed by atoms with E-state index in [1.54, 1.807) is 0 Å². The van der Waals surface area contributed by atoms with Crippen molar-refractivity contribution >= 4 is 11.9 Å². The van der Waals surface area contributed by atoms with E-state index in [0.717, 1.165) is 41.8 Å². The van der Waals surface area contributed by atoms with Crippen molar-refractivity contribution < 1.29 is 14.7 Å². The lowest BCUT2D eigenvalue weighted by atomic mass is 9.86. The van der Waals surface area contributed by atoms with Gasteiger partial charge in [-0.15, -0.1) is 0 Å². The molecule has 0 atom stereocenters. The summed E-state index contributed by atoms with van der Waals surface area (Å²) >= 11 is 0. The standard InChI is InChI=1S/C22H27N3O3/c1-13-6-11-18(14(2)12-13)25-19-5-3-4-17(19)20(24-25)21(26)23-16-9-7-15(8-10-16)22(27)28/h6,11-12,15-16H,3-5,7-10H2,1-2H3,(H,23,26)(H,27,28). The summed E-state index contributed by atoms with van der Waals surface area (Å²) in [5.74, 6) is -1.13. The third-order valence-electron chi connectivity index (χ3n) is 6.14. The second-order valence-corrected chi connectivity index (χ2v) is 8.19. The Bertz CT molecular complexity index is 923. The monoisotopic (exact) mass is 381 g/mol. The molecule has 2 N–H and O–H groups in total. The second-order valence-electron chi connectivity index (χ2n) is 8.19. The predicted octanol–water partition coefficient (Wildman–Crippen LogP) is 3.35. The van der Waals surface area contributed by atoms with Crippen LogP contribution < -0.4 is 5.32 Å². The van der Waals surface area contributed by atoms with Crippen LogP contribution in [0, 0.1) is 19.8 Å². The Morgan fingerprint density at radius 3 is 2.57 bits per heavy atom. The summed E-state index contributed by atoms with van der Waals surface area (Å²) in [5.41, 5.74) is 6.14. The van der Waals surface area contributed by atoms with E-state index in [9.17, 15) is 9.59 Å². The number of hydrogen-bond donors (Lipinski definition) is 2. The molecule has 1 amide bonds. The lowest BCUT2D eigenvalue weighted by Gasteiger charge is -2.26. The average molecular weight is 381 g/mol. The normalized spacial score (nSPS) is 21.4. The Morgan fingerprint density at radius 2 is 1.89 bits per heavy atom. The number of carboxylic acid groups (broad SMARTS) is 1. The Hall–Kier alpha value is -2.63. The summed E-state index contributed by atoms with van der Waals surface area (Å²) in [7, 11) is 0. The molecule has 0 radical (unpaired) electrons. The number of aromatic nitrogens is 2. The number of nitrogens with one attached hydrogen (secondary N) is 1. The van der Waals surface area contributed by atoms with Crippen LogP contribution in [0.5, 0.6) is 0 Å². The number of aryl methyl sites for hydroxylation is 2.